The summed E-state index contributed by atoms with van der Waals surface area (Å²) in [5.41, 5.74) is 4.52. The molecular formula is C19H14BrN3S. The molecule has 118 valence electrons. The minimum atomic E-state index is 0.509. The molecule has 1 heterocycles. The largest absolute Gasteiger partial charge is 0.359 e. The van der Waals surface area contributed by atoms with E-state index in [0.29, 0.717) is 10.6 Å². The smallest absolute Gasteiger partial charge is 0.136 e. The number of hydrogen-bond acceptors (Lipinski definition) is 4. The van der Waals surface area contributed by atoms with Crippen molar-refractivity contribution >= 4 is 38.5 Å². The number of nitrogens with one attached hydrogen (secondary N) is 1. The Morgan fingerprint density at radius 1 is 1.25 bits per heavy atom. The van der Waals surface area contributed by atoms with Gasteiger partial charge in [-0.1, -0.05) is 36.4 Å². The molecule has 0 aliphatic rings. The molecule has 0 fully saturated rings. The van der Waals surface area contributed by atoms with Crippen molar-refractivity contribution in [3.8, 4) is 17.3 Å². The van der Waals surface area contributed by atoms with E-state index < -0.39 is 0 Å². The van der Waals surface area contributed by atoms with Crippen molar-refractivity contribution in [2.45, 2.75) is 6.92 Å². The summed E-state index contributed by atoms with van der Waals surface area (Å²) in [7, 11) is 0. The van der Waals surface area contributed by atoms with Gasteiger partial charge in [0.2, 0.25) is 0 Å². The Labute approximate surface area is 153 Å². The molecule has 0 spiro atoms. The fourth-order valence-electron chi connectivity index (χ4n) is 2.17. The van der Waals surface area contributed by atoms with Crippen LogP contribution in [-0.4, -0.2) is 4.98 Å². The molecule has 1 aromatic heterocycles. The predicted octanol–water partition coefficient (Wildman–Crippen LogP) is 5.86. The van der Waals surface area contributed by atoms with Gasteiger partial charge in [0, 0.05) is 21.6 Å². The van der Waals surface area contributed by atoms with Gasteiger partial charge in [0.05, 0.1) is 11.4 Å². The number of allylic oxidation sites excluding steroid dienone is 1. The second kappa shape index (κ2) is 7.43. The topological polar surface area (TPSA) is 48.7 Å². The number of rotatable bonds is 4. The molecule has 3 rings (SSSR count). The fourth-order valence-corrected chi connectivity index (χ4v) is 3.57. The zero-order valence-corrected chi connectivity index (χ0v) is 15.4. The Balaban J connectivity index is 1.84. The number of hydrogen-bond donors (Lipinski definition) is 1. The van der Waals surface area contributed by atoms with Gasteiger partial charge in [-0.05, 0) is 40.5 Å². The van der Waals surface area contributed by atoms with Gasteiger partial charge < -0.3 is 5.32 Å². The van der Waals surface area contributed by atoms with Crippen LogP contribution in [-0.2, 0) is 0 Å². The Morgan fingerprint density at radius 3 is 2.75 bits per heavy atom. The van der Waals surface area contributed by atoms with Crippen LogP contribution in [0.25, 0.3) is 16.8 Å². The highest BCUT2D eigenvalue weighted by molar-refractivity contribution is 9.10. The number of halogens is 1. The first-order chi connectivity index (χ1) is 11.7. The molecule has 2 aromatic carbocycles. The fraction of sp³-hybridized carbons (Fsp3) is 0.0526. The minimum Gasteiger partial charge on any atom is -0.359 e. The molecular weight excluding hydrogens is 382 g/mol. The van der Waals surface area contributed by atoms with E-state index in [1.807, 2.05) is 60.8 Å². The van der Waals surface area contributed by atoms with Crippen molar-refractivity contribution in [1.82, 2.24) is 4.98 Å². The van der Waals surface area contributed by atoms with Crippen LogP contribution in [0.4, 0.5) is 5.69 Å². The third-order valence-corrected chi connectivity index (χ3v) is 4.95. The number of aromatic nitrogens is 1. The van der Waals surface area contributed by atoms with Crippen molar-refractivity contribution in [2.24, 2.45) is 0 Å². The second-order valence-electron chi connectivity index (χ2n) is 5.20. The second-order valence-corrected chi connectivity index (χ2v) is 6.91. The maximum absolute atomic E-state index is 9.45. The van der Waals surface area contributed by atoms with Gasteiger partial charge in [0.1, 0.15) is 16.6 Å². The van der Waals surface area contributed by atoms with Crippen molar-refractivity contribution < 1.29 is 0 Å². The minimum absolute atomic E-state index is 0.509. The van der Waals surface area contributed by atoms with Gasteiger partial charge in [-0.2, -0.15) is 5.26 Å². The Kier molecular flexibility index (Phi) is 5.09. The van der Waals surface area contributed by atoms with Gasteiger partial charge in [-0.15, -0.1) is 11.3 Å². The number of aryl methyl sites for hydroxylation is 1. The van der Waals surface area contributed by atoms with Crippen LogP contribution < -0.4 is 5.32 Å². The van der Waals surface area contributed by atoms with Gasteiger partial charge >= 0.3 is 0 Å². The summed E-state index contributed by atoms with van der Waals surface area (Å²) in [4.78, 5) is 4.58. The lowest BCUT2D eigenvalue weighted by atomic mass is 10.2. The maximum Gasteiger partial charge on any atom is 0.136 e. The van der Waals surface area contributed by atoms with Crippen LogP contribution >= 0.6 is 27.3 Å². The predicted molar refractivity (Wildman–Crippen MR) is 104 cm³/mol. The molecule has 24 heavy (non-hydrogen) atoms. The number of thiazole rings is 1. The van der Waals surface area contributed by atoms with E-state index >= 15 is 0 Å². The molecule has 0 aliphatic heterocycles. The summed E-state index contributed by atoms with van der Waals surface area (Å²) in [5, 5.41) is 15.3. The summed E-state index contributed by atoms with van der Waals surface area (Å²) < 4.78 is 0.958. The lowest BCUT2D eigenvalue weighted by Crippen LogP contribution is -1.92. The molecule has 0 saturated carbocycles. The molecule has 3 aromatic rings. The third kappa shape index (κ3) is 3.73. The zero-order valence-electron chi connectivity index (χ0n) is 13.0. The number of anilines is 1. The quantitative estimate of drug-likeness (QED) is 0.562. The summed E-state index contributed by atoms with van der Waals surface area (Å²) >= 11 is 4.99. The molecule has 0 unspecified atom stereocenters. The standard InChI is InChI=1S/C19H14BrN3S/c1-13-7-8-17(16(20)9-13)22-11-15(10-21)19-23-18(12-24-19)14-5-3-2-4-6-14/h2-9,11-12,22H,1H3. The summed E-state index contributed by atoms with van der Waals surface area (Å²) in [6.45, 7) is 2.03. The highest BCUT2D eigenvalue weighted by atomic mass is 79.9. The molecule has 0 radical (unpaired) electrons. The van der Waals surface area contributed by atoms with E-state index in [4.69, 9.17) is 0 Å². The van der Waals surface area contributed by atoms with E-state index in [1.54, 1.807) is 6.20 Å². The zero-order chi connectivity index (χ0) is 16.9. The van der Waals surface area contributed by atoms with E-state index in [-0.39, 0.29) is 0 Å². The molecule has 0 bridgehead atoms. The number of nitrogens with zero attached hydrogens (tertiary/aromatic N) is 2. The molecule has 0 saturated heterocycles. The van der Waals surface area contributed by atoms with Crippen molar-refractivity contribution in [3.05, 3.63) is 75.2 Å². The molecule has 5 heteroatoms. The average molecular weight is 396 g/mol. The van der Waals surface area contributed by atoms with E-state index in [0.717, 1.165) is 21.4 Å². The molecule has 3 nitrogen and oxygen atoms in total. The molecule has 1 N–H and O–H groups in total. The Hall–Kier alpha value is -2.42. The first kappa shape index (κ1) is 16.4. The Morgan fingerprint density at radius 2 is 2.04 bits per heavy atom. The van der Waals surface area contributed by atoms with Crippen LogP contribution in [0.2, 0.25) is 0 Å². The van der Waals surface area contributed by atoms with E-state index in [9.17, 15) is 5.26 Å². The van der Waals surface area contributed by atoms with E-state index in [1.165, 1.54) is 16.9 Å². The van der Waals surface area contributed by atoms with E-state index in [2.05, 4.69) is 32.3 Å². The first-order valence-corrected chi connectivity index (χ1v) is 8.99. The van der Waals surface area contributed by atoms with Crippen molar-refractivity contribution in [1.29, 1.82) is 5.26 Å². The summed E-state index contributed by atoms with van der Waals surface area (Å²) in [6.07, 6.45) is 1.70. The monoisotopic (exact) mass is 395 g/mol. The number of nitriles is 1. The lowest BCUT2D eigenvalue weighted by molar-refractivity contribution is 1.36. The highest BCUT2D eigenvalue weighted by Crippen LogP contribution is 2.27. The Bertz CT molecular complexity index is 923. The van der Waals surface area contributed by atoms with Gasteiger partial charge in [0.15, 0.2) is 0 Å². The molecule has 0 amide bonds. The highest BCUT2D eigenvalue weighted by Gasteiger charge is 2.09. The van der Waals surface area contributed by atoms with Gasteiger partial charge in [-0.3, -0.25) is 0 Å². The molecule has 0 atom stereocenters. The van der Waals surface area contributed by atoms with Crippen molar-refractivity contribution in [3.63, 3.8) is 0 Å². The average Bonchev–Trinajstić information content (AvgIpc) is 3.08. The normalized spacial score (nSPS) is 11.1. The van der Waals surface area contributed by atoms with Crippen LogP contribution in [0, 0.1) is 18.3 Å². The lowest BCUT2D eigenvalue weighted by Gasteiger charge is -2.05. The van der Waals surface area contributed by atoms with Crippen LogP contribution in [0.5, 0.6) is 0 Å². The summed E-state index contributed by atoms with van der Waals surface area (Å²) in [6, 6.07) is 18.2. The third-order valence-electron chi connectivity index (χ3n) is 3.42. The van der Waals surface area contributed by atoms with Crippen molar-refractivity contribution in [2.75, 3.05) is 5.32 Å². The van der Waals surface area contributed by atoms with Crippen LogP contribution in [0.3, 0.4) is 0 Å². The first-order valence-electron chi connectivity index (χ1n) is 7.31. The van der Waals surface area contributed by atoms with Gasteiger partial charge in [-0.25, -0.2) is 4.98 Å². The maximum atomic E-state index is 9.45. The van der Waals surface area contributed by atoms with Crippen LogP contribution in [0.1, 0.15) is 10.6 Å². The molecule has 0 aliphatic carbocycles. The van der Waals surface area contributed by atoms with Gasteiger partial charge in [0.25, 0.3) is 0 Å². The van der Waals surface area contributed by atoms with Crippen LogP contribution in [0.15, 0.2) is 64.6 Å². The number of benzene rings is 2. The SMILES string of the molecule is Cc1ccc(NC=C(C#N)c2nc(-c3ccccc3)cs2)c(Br)c1. The summed E-state index contributed by atoms with van der Waals surface area (Å²) in [5.74, 6) is 0.